The predicted molar refractivity (Wildman–Crippen MR) is 79.5 cm³/mol. The van der Waals surface area contributed by atoms with Gasteiger partial charge in [-0.05, 0) is 43.0 Å². The van der Waals surface area contributed by atoms with Crippen LogP contribution in [-0.4, -0.2) is 38.9 Å². The van der Waals surface area contributed by atoms with Crippen LogP contribution in [0.25, 0.3) is 0 Å². The molecule has 2 aliphatic rings. The highest BCUT2D eigenvalue weighted by molar-refractivity contribution is 7.89. The van der Waals surface area contributed by atoms with Gasteiger partial charge in [-0.15, -0.1) is 0 Å². The average molecular weight is 326 g/mol. The number of rotatable bonds is 2. The zero-order valence-electron chi connectivity index (χ0n) is 11.5. The minimum Gasteiger partial charge on any atom is -0.316 e. The third-order valence-electron chi connectivity index (χ3n) is 4.43. The third-order valence-corrected chi connectivity index (χ3v) is 6.59. The molecular weight excluding hydrogens is 310 g/mol. The van der Waals surface area contributed by atoms with E-state index >= 15 is 0 Å². The molecule has 0 radical (unpaired) electrons. The van der Waals surface area contributed by atoms with Crippen molar-refractivity contribution >= 4 is 21.6 Å². The minimum atomic E-state index is -3.54. The fourth-order valence-corrected chi connectivity index (χ4v) is 5.01. The summed E-state index contributed by atoms with van der Waals surface area (Å²) in [5, 5.41) is 12.4. The van der Waals surface area contributed by atoms with Crippen molar-refractivity contribution in [1.29, 1.82) is 5.26 Å². The van der Waals surface area contributed by atoms with Crippen LogP contribution in [0.5, 0.6) is 0 Å². The van der Waals surface area contributed by atoms with E-state index in [4.69, 9.17) is 16.9 Å². The van der Waals surface area contributed by atoms with Crippen molar-refractivity contribution < 1.29 is 8.42 Å². The van der Waals surface area contributed by atoms with Gasteiger partial charge in [-0.3, -0.25) is 0 Å². The van der Waals surface area contributed by atoms with Gasteiger partial charge in [0.2, 0.25) is 10.0 Å². The smallest absolute Gasteiger partial charge is 0.243 e. The summed E-state index contributed by atoms with van der Waals surface area (Å²) in [6.45, 7) is 2.94. The van der Waals surface area contributed by atoms with Gasteiger partial charge in [0.05, 0.1) is 15.5 Å². The summed E-state index contributed by atoms with van der Waals surface area (Å²) in [5.41, 5.74) is 0.372. The normalized spacial score (nSPS) is 26.3. The van der Waals surface area contributed by atoms with E-state index in [0.717, 1.165) is 25.9 Å². The van der Waals surface area contributed by atoms with Crippen LogP contribution >= 0.6 is 11.6 Å². The monoisotopic (exact) mass is 325 g/mol. The van der Waals surface area contributed by atoms with Crippen LogP contribution in [-0.2, 0) is 10.0 Å². The molecule has 1 aromatic rings. The van der Waals surface area contributed by atoms with Crippen LogP contribution in [0.15, 0.2) is 23.1 Å². The molecule has 2 aliphatic heterocycles. The van der Waals surface area contributed by atoms with E-state index in [2.05, 4.69) is 5.32 Å². The van der Waals surface area contributed by atoms with Gasteiger partial charge in [0.1, 0.15) is 6.07 Å². The number of nitrogens with one attached hydrogen (secondary N) is 1. The first-order valence-corrected chi connectivity index (χ1v) is 8.69. The van der Waals surface area contributed by atoms with Crippen LogP contribution in [0.2, 0.25) is 5.02 Å². The van der Waals surface area contributed by atoms with Crippen molar-refractivity contribution in [1.82, 2.24) is 9.62 Å². The van der Waals surface area contributed by atoms with E-state index in [1.807, 2.05) is 6.07 Å². The lowest BCUT2D eigenvalue weighted by Crippen LogP contribution is -2.33. The summed E-state index contributed by atoms with van der Waals surface area (Å²) in [6.07, 6.45) is 1.91. The molecule has 0 aliphatic carbocycles. The van der Waals surface area contributed by atoms with E-state index < -0.39 is 10.0 Å². The van der Waals surface area contributed by atoms with Crippen LogP contribution in [0.1, 0.15) is 18.4 Å². The molecule has 21 heavy (non-hydrogen) atoms. The molecular formula is C14H16ClN3O2S. The summed E-state index contributed by atoms with van der Waals surface area (Å²) in [4.78, 5) is 0.162. The van der Waals surface area contributed by atoms with Crippen LogP contribution in [0.3, 0.4) is 0 Å². The van der Waals surface area contributed by atoms with Crippen molar-refractivity contribution in [3.8, 4) is 6.07 Å². The summed E-state index contributed by atoms with van der Waals surface area (Å²) in [6, 6.07) is 6.22. The summed E-state index contributed by atoms with van der Waals surface area (Å²) in [5.74, 6) is 0. The molecule has 1 unspecified atom stereocenters. The lowest BCUT2D eigenvalue weighted by Gasteiger charge is -2.22. The first-order valence-electron chi connectivity index (χ1n) is 6.87. The molecule has 0 amide bonds. The van der Waals surface area contributed by atoms with E-state index in [9.17, 15) is 8.42 Å². The number of hydrogen-bond acceptors (Lipinski definition) is 4. The molecule has 7 heteroatoms. The first kappa shape index (κ1) is 14.8. The molecule has 112 valence electrons. The largest absolute Gasteiger partial charge is 0.316 e. The Bertz CT molecular complexity index is 705. The zero-order valence-corrected chi connectivity index (χ0v) is 13.0. The fourth-order valence-electron chi connectivity index (χ4n) is 3.14. The molecule has 1 spiro atoms. The molecule has 2 saturated heterocycles. The number of halogens is 1. The molecule has 3 rings (SSSR count). The van der Waals surface area contributed by atoms with E-state index in [-0.39, 0.29) is 20.9 Å². The van der Waals surface area contributed by atoms with Crippen molar-refractivity contribution in [2.45, 2.75) is 17.7 Å². The molecule has 2 heterocycles. The van der Waals surface area contributed by atoms with Crippen molar-refractivity contribution in [3.63, 3.8) is 0 Å². The highest BCUT2D eigenvalue weighted by Crippen LogP contribution is 2.38. The van der Waals surface area contributed by atoms with Gasteiger partial charge in [-0.25, -0.2) is 8.42 Å². The zero-order chi connectivity index (χ0) is 15.1. The molecule has 1 N–H and O–H groups in total. The second kappa shape index (κ2) is 5.25. The van der Waals surface area contributed by atoms with Crippen molar-refractivity contribution in [2.24, 2.45) is 5.41 Å². The highest BCUT2D eigenvalue weighted by atomic mass is 35.5. The van der Waals surface area contributed by atoms with Gasteiger partial charge in [-0.2, -0.15) is 9.57 Å². The maximum Gasteiger partial charge on any atom is 0.243 e. The molecule has 0 bridgehead atoms. The predicted octanol–water partition coefficient (Wildman–Crippen LogP) is 1.59. The second-order valence-corrected chi connectivity index (χ2v) is 8.11. The number of nitrogens with zero attached hydrogens (tertiary/aromatic N) is 2. The lowest BCUT2D eigenvalue weighted by molar-refractivity contribution is 0.338. The first-order chi connectivity index (χ1) is 9.97. The van der Waals surface area contributed by atoms with Crippen molar-refractivity contribution in [2.75, 3.05) is 26.2 Å². The van der Waals surface area contributed by atoms with E-state index in [0.29, 0.717) is 13.1 Å². The quantitative estimate of drug-likeness (QED) is 0.896. The Kier molecular flexibility index (Phi) is 3.70. The van der Waals surface area contributed by atoms with Crippen molar-refractivity contribution in [3.05, 3.63) is 28.8 Å². The molecule has 1 aromatic carbocycles. The van der Waals surface area contributed by atoms with Crippen LogP contribution in [0, 0.1) is 16.7 Å². The third kappa shape index (κ3) is 2.55. The molecule has 0 aromatic heterocycles. The number of sulfonamides is 1. The van der Waals surface area contributed by atoms with Gasteiger partial charge in [0.25, 0.3) is 0 Å². The maximum atomic E-state index is 12.7. The average Bonchev–Trinajstić information content (AvgIpc) is 3.10. The standard InChI is InChI=1S/C14H16ClN3O2S/c15-13-7-12(2-1-11(13)8-16)21(19,20)18-6-4-14(10-18)3-5-17-9-14/h1-2,7,17H,3-6,9-10H2. The highest BCUT2D eigenvalue weighted by Gasteiger charge is 2.44. The summed E-state index contributed by atoms with van der Waals surface area (Å²) < 4.78 is 26.9. The number of nitriles is 1. The molecule has 2 fully saturated rings. The molecule has 5 nitrogen and oxygen atoms in total. The van der Waals surface area contributed by atoms with Gasteiger partial charge >= 0.3 is 0 Å². The Balaban J connectivity index is 1.88. The topological polar surface area (TPSA) is 73.2 Å². The molecule has 1 atom stereocenters. The van der Waals surface area contributed by atoms with Crippen LogP contribution in [0.4, 0.5) is 0 Å². The minimum absolute atomic E-state index is 0.0868. The molecule has 0 saturated carbocycles. The Morgan fingerprint density at radius 3 is 2.81 bits per heavy atom. The van der Waals surface area contributed by atoms with Gasteiger partial charge < -0.3 is 5.32 Å². The lowest BCUT2D eigenvalue weighted by atomic mass is 9.87. The Hall–Kier alpha value is -1.13. The van der Waals surface area contributed by atoms with Crippen LogP contribution < -0.4 is 5.32 Å². The Morgan fingerprint density at radius 1 is 1.38 bits per heavy atom. The Morgan fingerprint density at radius 2 is 2.19 bits per heavy atom. The van der Waals surface area contributed by atoms with Gasteiger partial charge in [-0.1, -0.05) is 11.6 Å². The Labute approximate surface area is 129 Å². The fraction of sp³-hybridized carbons (Fsp3) is 0.500. The summed E-state index contributed by atoms with van der Waals surface area (Å²) in [7, 11) is -3.54. The maximum absolute atomic E-state index is 12.7. The van der Waals surface area contributed by atoms with Gasteiger partial charge in [0, 0.05) is 19.6 Å². The number of hydrogen-bond donors (Lipinski definition) is 1. The van der Waals surface area contributed by atoms with E-state index in [1.54, 1.807) is 0 Å². The second-order valence-electron chi connectivity index (χ2n) is 5.77. The number of benzene rings is 1. The summed E-state index contributed by atoms with van der Waals surface area (Å²) >= 11 is 5.95. The SMILES string of the molecule is N#Cc1ccc(S(=O)(=O)N2CCC3(CCNC3)C2)cc1Cl. The van der Waals surface area contributed by atoms with Gasteiger partial charge in [0.15, 0.2) is 0 Å². The van der Waals surface area contributed by atoms with E-state index in [1.165, 1.54) is 22.5 Å².